The molecule has 4 heterocycles. The molecule has 0 radical (unpaired) electrons. The van der Waals surface area contributed by atoms with Crippen molar-refractivity contribution >= 4 is 17.4 Å². The van der Waals surface area contributed by atoms with Crippen LogP contribution < -0.4 is 5.32 Å². The van der Waals surface area contributed by atoms with Crippen LogP contribution in [0.25, 0.3) is 0 Å². The number of urea groups is 1. The molecule has 9 heteroatoms. The van der Waals surface area contributed by atoms with Crippen LogP contribution in [0.4, 0.5) is 4.79 Å². The minimum Gasteiger partial charge on any atom is -0.423 e. The first-order valence-electron chi connectivity index (χ1n) is 9.08. The molecule has 2 aromatic rings. The lowest BCUT2D eigenvalue weighted by atomic mass is 9.93. The van der Waals surface area contributed by atoms with E-state index in [2.05, 4.69) is 27.0 Å². The summed E-state index contributed by atoms with van der Waals surface area (Å²) in [5.41, 5.74) is 0.652. The highest BCUT2D eigenvalue weighted by Crippen LogP contribution is 2.36. The second-order valence-electron chi connectivity index (χ2n) is 7.17. The largest absolute Gasteiger partial charge is 0.423 e. The number of nitrogens with one attached hydrogen (secondary N) is 1. The third kappa shape index (κ3) is 3.46. The van der Waals surface area contributed by atoms with Gasteiger partial charge in [-0.15, -0.1) is 21.5 Å². The molecule has 1 N–H and O–H groups in total. The van der Waals surface area contributed by atoms with Gasteiger partial charge in [0.15, 0.2) is 0 Å². The van der Waals surface area contributed by atoms with Gasteiger partial charge in [0.05, 0.1) is 19.3 Å². The molecule has 1 fully saturated rings. The number of carbonyl (C=O) groups is 1. The zero-order chi connectivity index (χ0) is 19.0. The van der Waals surface area contributed by atoms with Gasteiger partial charge in [0.25, 0.3) is 0 Å². The fraction of sp³-hybridized carbons (Fsp3) is 0.611. The number of ether oxygens (including phenoxy) is 2. The molecule has 0 aliphatic carbocycles. The second kappa shape index (κ2) is 7.21. The van der Waals surface area contributed by atoms with Crippen LogP contribution in [0.5, 0.6) is 0 Å². The molecule has 3 atom stereocenters. The third-order valence-corrected chi connectivity index (χ3v) is 6.31. The molecule has 0 saturated carbocycles. The van der Waals surface area contributed by atoms with Crippen molar-refractivity contribution in [1.82, 2.24) is 20.4 Å². The Balaban J connectivity index is 1.47. The SMILES string of the molecule is CO[C@@H]1C[C@H](c2nnc(C)o2)N(C(=O)NCC2(C)OCCc3sccc32)C1. The first-order valence-corrected chi connectivity index (χ1v) is 9.96. The molecule has 0 spiro atoms. The van der Waals surface area contributed by atoms with E-state index >= 15 is 0 Å². The maximum absolute atomic E-state index is 12.9. The summed E-state index contributed by atoms with van der Waals surface area (Å²) in [6, 6.07) is 1.63. The number of thiophene rings is 1. The van der Waals surface area contributed by atoms with Gasteiger partial charge in [-0.2, -0.15) is 0 Å². The van der Waals surface area contributed by atoms with E-state index in [4.69, 9.17) is 13.9 Å². The van der Waals surface area contributed by atoms with Gasteiger partial charge in [-0.25, -0.2) is 4.79 Å². The minimum atomic E-state index is -0.514. The van der Waals surface area contributed by atoms with E-state index in [0.717, 1.165) is 6.42 Å². The lowest BCUT2D eigenvalue weighted by molar-refractivity contribution is -0.0425. The van der Waals surface area contributed by atoms with Crippen molar-refractivity contribution in [2.75, 3.05) is 26.8 Å². The summed E-state index contributed by atoms with van der Waals surface area (Å²) in [7, 11) is 1.65. The maximum Gasteiger partial charge on any atom is 0.318 e. The van der Waals surface area contributed by atoms with E-state index < -0.39 is 5.60 Å². The first kappa shape index (κ1) is 18.4. The molecule has 2 aliphatic heterocycles. The fourth-order valence-electron chi connectivity index (χ4n) is 3.82. The Bertz CT molecular complexity index is 822. The van der Waals surface area contributed by atoms with Gasteiger partial charge in [0, 0.05) is 38.3 Å². The van der Waals surface area contributed by atoms with E-state index in [9.17, 15) is 4.79 Å². The normalized spacial score (nSPS) is 27.6. The molecule has 4 rings (SSSR count). The first-order chi connectivity index (χ1) is 13.0. The number of likely N-dealkylation sites (tertiary alicyclic amines) is 1. The summed E-state index contributed by atoms with van der Waals surface area (Å²) >= 11 is 1.74. The predicted octanol–water partition coefficient (Wildman–Crippen LogP) is 2.40. The zero-order valence-corrected chi connectivity index (χ0v) is 16.5. The fourth-order valence-corrected chi connectivity index (χ4v) is 4.80. The number of amides is 2. The van der Waals surface area contributed by atoms with Crippen molar-refractivity contribution in [3.05, 3.63) is 33.7 Å². The Morgan fingerprint density at radius 3 is 3.11 bits per heavy atom. The van der Waals surface area contributed by atoms with Crippen molar-refractivity contribution < 1.29 is 18.7 Å². The highest BCUT2D eigenvalue weighted by Gasteiger charge is 2.41. The van der Waals surface area contributed by atoms with Crippen LogP contribution in [0.1, 0.15) is 41.6 Å². The predicted molar refractivity (Wildman–Crippen MR) is 98.6 cm³/mol. The average molecular weight is 392 g/mol. The van der Waals surface area contributed by atoms with E-state index in [0.29, 0.717) is 37.9 Å². The van der Waals surface area contributed by atoms with E-state index in [1.54, 1.807) is 30.3 Å². The number of methoxy groups -OCH3 is 1. The maximum atomic E-state index is 12.9. The zero-order valence-electron chi connectivity index (χ0n) is 15.7. The van der Waals surface area contributed by atoms with Crippen LogP contribution in [0.15, 0.2) is 15.9 Å². The highest BCUT2D eigenvalue weighted by molar-refractivity contribution is 7.10. The Morgan fingerprint density at radius 1 is 1.52 bits per heavy atom. The Kier molecular flexibility index (Phi) is 4.92. The summed E-state index contributed by atoms with van der Waals surface area (Å²) in [6.07, 6.45) is 1.50. The standard InChI is InChI=1S/C18H24N4O4S/c1-11-20-21-16(26-11)14-8-12(24-3)9-22(14)17(23)19-10-18(2)13-5-7-27-15(13)4-6-25-18/h5,7,12,14H,4,6,8-10H2,1-3H3,(H,19,23)/t12-,14-,18?/m1/s1. The Labute approximate surface area is 161 Å². The number of nitrogens with zero attached hydrogens (tertiary/aromatic N) is 3. The number of rotatable bonds is 4. The number of fused-ring (bicyclic) bond motifs is 1. The highest BCUT2D eigenvalue weighted by atomic mass is 32.1. The molecule has 8 nitrogen and oxygen atoms in total. The Morgan fingerprint density at radius 2 is 2.37 bits per heavy atom. The molecule has 2 aromatic heterocycles. The minimum absolute atomic E-state index is 0.0575. The van der Waals surface area contributed by atoms with Crippen molar-refractivity contribution in [1.29, 1.82) is 0 Å². The van der Waals surface area contributed by atoms with Gasteiger partial charge in [0.2, 0.25) is 11.8 Å². The Hall–Kier alpha value is -1.97. The van der Waals surface area contributed by atoms with E-state index in [-0.39, 0.29) is 18.2 Å². The van der Waals surface area contributed by atoms with Gasteiger partial charge in [-0.1, -0.05) is 0 Å². The number of hydrogen-bond acceptors (Lipinski definition) is 7. The number of aryl methyl sites for hydroxylation is 1. The van der Waals surface area contributed by atoms with Crippen LogP contribution in [-0.4, -0.2) is 54.0 Å². The van der Waals surface area contributed by atoms with Crippen molar-refractivity contribution in [2.45, 2.75) is 44.4 Å². The topological polar surface area (TPSA) is 89.7 Å². The lowest BCUT2D eigenvalue weighted by Gasteiger charge is -2.35. The van der Waals surface area contributed by atoms with Crippen molar-refractivity contribution in [2.24, 2.45) is 0 Å². The molecule has 27 heavy (non-hydrogen) atoms. The summed E-state index contributed by atoms with van der Waals surface area (Å²) in [4.78, 5) is 16.0. The molecule has 1 saturated heterocycles. The van der Waals surface area contributed by atoms with Gasteiger partial charge in [-0.05, 0) is 23.9 Å². The molecular weight excluding hydrogens is 368 g/mol. The number of carbonyl (C=O) groups excluding carboxylic acids is 1. The van der Waals surface area contributed by atoms with Gasteiger partial charge in [0.1, 0.15) is 11.6 Å². The molecule has 2 amide bonds. The van der Waals surface area contributed by atoms with Crippen LogP contribution in [0, 0.1) is 6.92 Å². The third-order valence-electron chi connectivity index (χ3n) is 5.33. The summed E-state index contributed by atoms with van der Waals surface area (Å²) in [5.74, 6) is 0.932. The van der Waals surface area contributed by atoms with Crippen LogP contribution >= 0.6 is 11.3 Å². The molecule has 1 unspecified atom stereocenters. The van der Waals surface area contributed by atoms with Crippen LogP contribution in [0.3, 0.4) is 0 Å². The summed E-state index contributed by atoms with van der Waals surface area (Å²) in [5, 5.41) is 13.1. The molecule has 0 bridgehead atoms. The van der Waals surface area contributed by atoms with Crippen LogP contribution in [0.2, 0.25) is 0 Å². The summed E-state index contributed by atoms with van der Waals surface area (Å²) < 4.78 is 17.1. The second-order valence-corrected chi connectivity index (χ2v) is 8.17. The van der Waals surface area contributed by atoms with Crippen LogP contribution in [-0.2, 0) is 21.5 Å². The monoisotopic (exact) mass is 392 g/mol. The average Bonchev–Trinajstić information content (AvgIpc) is 3.38. The quantitative estimate of drug-likeness (QED) is 0.859. The van der Waals surface area contributed by atoms with Crippen molar-refractivity contribution in [3.63, 3.8) is 0 Å². The smallest absolute Gasteiger partial charge is 0.318 e. The molecule has 0 aromatic carbocycles. The number of hydrogen-bond donors (Lipinski definition) is 1. The van der Waals surface area contributed by atoms with E-state index in [1.807, 2.05) is 6.92 Å². The number of aromatic nitrogens is 2. The summed E-state index contributed by atoms with van der Waals surface area (Å²) in [6.45, 7) is 5.32. The van der Waals surface area contributed by atoms with Gasteiger partial charge < -0.3 is 24.1 Å². The van der Waals surface area contributed by atoms with E-state index in [1.165, 1.54) is 10.4 Å². The van der Waals surface area contributed by atoms with Gasteiger partial charge >= 0.3 is 6.03 Å². The van der Waals surface area contributed by atoms with Gasteiger partial charge in [-0.3, -0.25) is 0 Å². The molecule has 146 valence electrons. The lowest BCUT2D eigenvalue weighted by Crippen LogP contribution is -2.48. The van der Waals surface area contributed by atoms with Crippen molar-refractivity contribution in [3.8, 4) is 0 Å². The molecule has 2 aliphatic rings. The molecular formula is C18H24N4O4S.